The number of nitrogens with zero attached hydrogens (tertiary/aromatic N) is 2. The number of carbonyl (C=O) groups excluding carboxylic acids is 2. The second-order valence-corrected chi connectivity index (χ2v) is 8.73. The van der Waals surface area contributed by atoms with Crippen LogP contribution >= 0.6 is 0 Å². The summed E-state index contributed by atoms with van der Waals surface area (Å²) >= 11 is 0. The average Bonchev–Trinajstić information content (AvgIpc) is 2.70. The molecule has 162 valence electrons. The Labute approximate surface area is 167 Å². The number of hydrogen-bond acceptors (Lipinski definition) is 5. The van der Waals surface area contributed by atoms with Gasteiger partial charge in [0.2, 0.25) is 15.9 Å². The second-order valence-electron chi connectivity index (χ2n) is 6.79. The summed E-state index contributed by atoms with van der Waals surface area (Å²) in [4.78, 5) is 24.6. The van der Waals surface area contributed by atoms with Crippen LogP contribution in [0, 0.1) is 5.92 Å². The van der Waals surface area contributed by atoms with Crippen LogP contribution in [0.2, 0.25) is 0 Å². The van der Waals surface area contributed by atoms with Crippen molar-refractivity contribution in [3.63, 3.8) is 0 Å². The average molecular weight is 436 g/mol. The minimum absolute atomic E-state index is 0.0276. The van der Waals surface area contributed by atoms with Crippen LogP contribution in [-0.4, -0.2) is 63.3 Å². The van der Waals surface area contributed by atoms with Crippen molar-refractivity contribution in [1.82, 2.24) is 9.21 Å². The minimum Gasteiger partial charge on any atom is -0.469 e. The molecule has 0 aromatic heterocycles. The van der Waals surface area contributed by atoms with Crippen molar-refractivity contribution in [3.05, 3.63) is 29.8 Å². The predicted octanol–water partition coefficient (Wildman–Crippen LogP) is 2.13. The Morgan fingerprint density at radius 2 is 1.86 bits per heavy atom. The van der Waals surface area contributed by atoms with Gasteiger partial charge in [0.1, 0.15) is 0 Å². The number of methoxy groups -OCH3 is 1. The number of benzene rings is 1. The molecule has 1 aliphatic heterocycles. The molecule has 0 radical (unpaired) electrons. The van der Waals surface area contributed by atoms with E-state index in [4.69, 9.17) is 0 Å². The van der Waals surface area contributed by atoms with Crippen LogP contribution in [-0.2, 0) is 30.5 Å². The van der Waals surface area contributed by atoms with Gasteiger partial charge in [-0.05, 0) is 31.0 Å². The third-order valence-corrected chi connectivity index (χ3v) is 6.75. The van der Waals surface area contributed by atoms with Gasteiger partial charge in [0.05, 0.1) is 24.0 Å². The Hall–Kier alpha value is -2.14. The zero-order chi connectivity index (χ0) is 21.8. The molecule has 0 saturated carbocycles. The molecule has 1 saturated heterocycles. The molecule has 0 bridgehead atoms. The molecule has 11 heteroatoms. The zero-order valence-corrected chi connectivity index (χ0v) is 16.9. The quantitative estimate of drug-likeness (QED) is 0.638. The summed E-state index contributed by atoms with van der Waals surface area (Å²) in [5, 5.41) is 0. The molecule has 2 rings (SSSR count). The van der Waals surface area contributed by atoms with E-state index >= 15 is 0 Å². The number of sulfonamides is 1. The SMILES string of the molecule is COC(=O)CCN(C)C(=O)C1CCN(S(=O)(=O)c2cccc(C(F)(F)F)c2)CC1. The molecule has 1 aromatic rings. The van der Waals surface area contributed by atoms with Gasteiger partial charge in [-0.15, -0.1) is 0 Å². The summed E-state index contributed by atoms with van der Waals surface area (Å²) in [6, 6.07) is 3.62. The molecular weight excluding hydrogens is 413 g/mol. The molecule has 1 amide bonds. The molecule has 1 aromatic carbocycles. The Morgan fingerprint density at radius 1 is 1.24 bits per heavy atom. The number of alkyl halides is 3. The number of ether oxygens (including phenoxy) is 1. The molecular formula is C18H23F3N2O5S. The standard InChI is InChI=1S/C18H23F3N2O5S/c1-22(9-8-16(24)28-2)17(25)13-6-10-23(11-7-13)29(26,27)15-5-3-4-14(12-15)18(19,20)21/h3-5,12-13H,6-11H2,1-2H3. The van der Waals surface area contributed by atoms with E-state index in [0.29, 0.717) is 6.07 Å². The van der Waals surface area contributed by atoms with Crippen LogP contribution in [0.4, 0.5) is 13.2 Å². The van der Waals surface area contributed by atoms with Gasteiger partial charge in [-0.2, -0.15) is 17.5 Å². The molecule has 0 unspecified atom stereocenters. The van der Waals surface area contributed by atoms with E-state index in [2.05, 4.69) is 4.74 Å². The van der Waals surface area contributed by atoms with Crippen molar-refractivity contribution in [2.75, 3.05) is 33.8 Å². The maximum absolute atomic E-state index is 12.9. The summed E-state index contributed by atoms with van der Waals surface area (Å²) in [5.41, 5.74) is -1.03. The van der Waals surface area contributed by atoms with Crippen molar-refractivity contribution >= 4 is 21.9 Å². The fourth-order valence-electron chi connectivity index (χ4n) is 3.11. The third-order valence-electron chi connectivity index (χ3n) is 4.86. The van der Waals surface area contributed by atoms with Gasteiger partial charge in [-0.3, -0.25) is 9.59 Å². The number of amides is 1. The van der Waals surface area contributed by atoms with Crippen LogP contribution in [0.25, 0.3) is 0 Å². The highest BCUT2D eigenvalue weighted by Crippen LogP contribution is 2.32. The second kappa shape index (κ2) is 9.12. The molecule has 7 nitrogen and oxygen atoms in total. The number of piperidine rings is 1. The summed E-state index contributed by atoms with van der Waals surface area (Å²) in [6.07, 6.45) is -4.08. The zero-order valence-electron chi connectivity index (χ0n) is 16.1. The van der Waals surface area contributed by atoms with Crippen LogP contribution in [0.3, 0.4) is 0 Å². The predicted molar refractivity (Wildman–Crippen MR) is 97.2 cm³/mol. The lowest BCUT2D eigenvalue weighted by molar-refractivity contribution is -0.142. The van der Waals surface area contributed by atoms with Crippen molar-refractivity contribution in [2.45, 2.75) is 30.3 Å². The first-order chi connectivity index (χ1) is 13.5. The fraction of sp³-hybridized carbons (Fsp3) is 0.556. The Morgan fingerprint density at radius 3 is 2.41 bits per heavy atom. The van der Waals surface area contributed by atoms with Gasteiger partial charge in [0.25, 0.3) is 0 Å². The van der Waals surface area contributed by atoms with E-state index in [0.717, 1.165) is 22.5 Å². The van der Waals surface area contributed by atoms with Crippen LogP contribution in [0.1, 0.15) is 24.8 Å². The van der Waals surface area contributed by atoms with Gasteiger partial charge in [0, 0.05) is 32.6 Å². The van der Waals surface area contributed by atoms with E-state index in [-0.39, 0.29) is 44.8 Å². The van der Waals surface area contributed by atoms with E-state index in [1.54, 1.807) is 7.05 Å². The van der Waals surface area contributed by atoms with Gasteiger partial charge in [-0.1, -0.05) is 6.07 Å². The van der Waals surface area contributed by atoms with Crippen molar-refractivity contribution < 1.29 is 35.9 Å². The molecule has 0 aliphatic carbocycles. The number of carbonyl (C=O) groups is 2. The van der Waals surface area contributed by atoms with Crippen LogP contribution < -0.4 is 0 Å². The highest BCUT2D eigenvalue weighted by Gasteiger charge is 2.35. The monoisotopic (exact) mass is 436 g/mol. The van der Waals surface area contributed by atoms with E-state index in [1.807, 2.05) is 0 Å². The Bertz CT molecular complexity index is 849. The lowest BCUT2D eigenvalue weighted by Crippen LogP contribution is -2.43. The summed E-state index contributed by atoms with van der Waals surface area (Å²) < 4.78 is 69.6. The highest BCUT2D eigenvalue weighted by atomic mass is 32.2. The first-order valence-electron chi connectivity index (χ1n) is 8.96. The lowest BCUT2D eigenvalue weighted by Gasteiger charge is -2.32. The number of esters is 1. The van der Waals surface area contributed by atoms with Crippen LogP contribution in [0.15, 0.2) is 29.2 Å². The maximum atomic E-state index is 12.9. The highest BCUT2D eigenvalue weighted by molar-refractivity contribution is 7.89. The van der Waals surface area contributed by atoms with Crippen LogP contribution in [0.5, 0.6) is 0 Å². The third kappa shape index (κ3) is 5.69. The van der Waals surface area contributed by atoms with Gasteiger partial charge >= 0.3 is 12.1 Å². The molecule has 0 spiro atoms. The summed E-state index contributed by atoms with van der Waals surface area (Å²) in [7, 11) is -1.28. The number of hydrogen-bond donors (Lipinski definition) is 0. The van der Waals surface area contributed by atoms with E-state index in [9.17, 15) is 31.2 Å². The largest absolute Gasteiger partial charge is 0.469 e. The molecule has 29 heavy (non-hydrogen) atoms. The molecule has 0 N–H and O–H groups in total. The van der Waals surface area contributed by atoms with E-state index < -0.39 is 38.5 Å². The summed E-state index contributed by atoms with van der Waals surface area (Å²) in [5.74, 6) is -1.05. The normalized spacial score (nSPS) is 16.4. The lowest BCUT2D eigenvalue weighted by atomic mass is 9.96. The van der Waals surface area contributed by atoms with Crippen molar-refractivity contribution in [2.24, 2.45) is 5.92 Å². The fourth-order valence-corrected chi connectivity index (χ4v) is 4.62. The Balaban J connectivity index is 2.01. The van der Waals surface area contributed by atoms with E-state index in [1.165, 1.54) is 12.0 Å². The first kappa shape index (κ1) is 23.1. The first-order valence-corrected chi connectivity index (χ1v) is 10.4. The molecule has 1 heterocycles. The van der Waals surface area contributed by atoms with Crippen molar-refractivity contribution in [3.8, 4) is 0 Å². The topological polar surface area (TPSA) is 84.0 Å². The minimum atomic E-state index is -4.64. The summed E-state index contributed by atoms with van der Waals surface area (Å²) in [6.45, 7) is 0.244. The maximum Gasteiger partial charge on any atom is 0.416 e. The number of halogens is 3. The van der Waals surface area contributed by atoms with Gasteiger partial charge < -0.3 is 9.64 Å². The molecule has 1 aliphatic rings. The van der Waals surface area contributed by atoms with Gasteiger partial charge in [0.15, 0.2) is 0 Å². The Kier molecular flexibility index (Phi) is 7.28. The smallest absolute Gasteiger partial charge is 0.416 e. The van der Waals surface area contributed by atoms with Crippen molar-refractivity contribution in [1.29, 1.82) is 0 Å². The molecule has 0 atom stereocenters. The number of rotatable bonds is 6. The molecule has 1 fully saturated rings. The van der Waals surface area contributed by atoms with Gasteiger partial charge in [-0.25, -0.2) is 8.42 Å².